The van der Waals surface area contributed by atoms with E-state index in [-0.39, 0.29) is 0 Å². The summed E-state index contributed by atoms with van der Waals surface area (Å²) in [5.74, 6) is 0.971. The van der Waals surface area contributed by atoms with Gasteiger partial charge >= 0.3 is 0 Å². The minimum Gasteiger partial charge on any atom is -0.384 e. The summed E-state index contributed by atoms with van der Waals surface area (Å²) in [5.41, 5.74) is 1.10. The third kappa shape index (κ3) is 1.28. The first-order valence-corrected chi connectivity index (χ1v) is 4.03. The lowest BCUT2D eigenvalue weighted by atomic mass is 10.3. The smallest absolute Gasteiger partial charge is 0.127 e. The standard InChI is InChI=1S/C10H11NO/c1-9-7-8-11(12-9)10-5-3-2-4-6-10/h2-7H,8H2,1H3. The highest BCUT2D eigenvalue weighted by atomic mass is 16.7. The third-order valence-corrected chi connectivity index (χ3v) is 1.84. The van der Waals surface area contributed by atoms with Gasteiger partial charge in [0, 0.05) is 0 Å². The Morgan fingerprint density at radius 2 is 2.00 bits per heavy atom. The predicted octanol–water partition coefficient (Wildman–Crippen LogP) is 2.34. The minimum atomic E-state index is 0.843. The van der Waals surface area contributed by atoms with Crippen molar-refractivity contribution in [2.75, 3.05) is 11.6 Å². The van der Waals surface area contributed by atoms with Crippen LogP contribution in [-0.2, 0) is 4.84 Å². The van der Waals surface area contributed by atoms with E-state index in [1.165, 1.54) is 0 Å². The number of hydroxylamine groups is 1. The lowest BCUT2D eigenvalue weighted by Gasteiger charge is -2.17. The SMILES string of the molecule is CC1=CCN(c2ccccc2)O1. The van der Waals surface area contributed by atoms with Crippen LogP contribution in [0.2, 0.25) is 0 Å². The van der Waals surface area contributed by atoms with Crippen LogP contribution in [0.25, 0.3) is 0 Å². The molecule has 0 amide bonds. The van der Waals surface area contributed by atoms with E-state index in [4.69, 9.17) is 4.84 Å². The second-order valence-electron chi connectivity index (χ2n) is 2.80. The van der Waals surface area contributed by atoms with Crippen LogP contribution in [0, 0.1) is 0 Å². The maximum absolute atomic E-state index is 5.44. The van der Waals surface area contributed by atoms with Gasteiger partial charge in [-0.3, -0.25) is 0 Å². The molecule has 2 nitrogen and oxygen atoms in total. The number of nitrogens with zero attached hydrogens (tertiary/aromatic N) is 1. The lowest BCUT2D eigenvalue weighted by molar-refractivity contribution is 0.214. The largest absolute Gasteiger partial charge is 0.384 e. The molecule has 0 saturated carbocycles. The molecule has 0 bridgehead atoms. The zero-order chi connectivity index (χ0) is 8.39. The summed E-state index contributed by atoms with van der Waals surface area (Å²) < 4.78 is 0. The highest BCUT2D eigenvalue weighted by Gasteiger charge is 2.11. The molecule has 0 saturated heterocycles. The van der Waals surface area contributed by atoms with Crippen molar-refractivity contribution in [1.82, 2.24) is 0 Å². The fourth-order valence-corrected chi connectivity index (χ4v) is 1.21. The van der Waals surface area contributed by atoms with Crippen LogP contribution in [0.5, 0.6) is 0 Å². The molecule has 1 aromatic rings. The number of benzene rings is 1. The van der Waals surface area contributed by atoms with Crippen LogP contribution in [0.1, 0.15) is 6.92 Å². The molecule has 2 heteroatoms. The van der Waals surface area contributed by atoms with Crippen molar-refractivity contribution in [2.45, 2.75) is 6.92 Å². The molecule has 0 atom stereocenters. The van der Waals surface area contributed by atoms with Gasteiger partial charge in [-0.2, -0.15) is 0 Å². The van der Waals surface area contributed by atoms with Gasteiger partial charge in [-0.25, -0.2) is 5.06 Å². The van der Waals surface area contributed by atoms with Crippen LogP contribution in [0.4, 0.5) is 5.69 Å². The fraction of sp³-hybridized carbons (Fsp3) is 0.200. The number of hydrogen-bond acceptors (Lipinski definition) is 2. The molecule has 0 aromatic heterocycles. The molecule has 0 aliphatic carbocycles. The maximum atomic E-state index is 5.44. The van der Waals surface area contributed by atoms with Crippen molar-refractivity contribution < 1.29 is 4.84 Å². The summed E-state index contributed by atoms with van der Waals surface area (Å²) >= 11 is 0. The Kier molecular flexibility index (Phi) is 1.74. The Bertz CT molecular complexity index is 292. The lowest BCUT2D eigenvalue weighted by Crippen LogP contribution is -2.16. The van der Waals surface area contributed by atoms with E-state index in [0.717, 1.165) is 18.0 Å². The Hall–Kier alpha value is -1.44. The molecule has 2 rings (SSSR count). The zero-order valence-electron chi connectivity index (χ0n) is 7.03. The van der Waals surface area contributed by atoms with E-state index in [2.05, 4.69) is 6.08 Å². The molecule has 12 heavy (non-hydrogen) atoms. The quantitative estimate of drug-likeness (QED) is 0.626. The molecule has 0 fully saturated rings. The van der Waals surface area contributed by atoms with Crippen LogP contribution in [0.15, 0.2) is 42.2 Å². The van der Waals surface area contributed by atoms with Gasteiger partial charge in [-0.15, -0.1) is 0 Å². The van der Waals surface area contributed by atoms with Crippen LogP contribution in [0.3, 0.4) is 0 Å². The van der Waals surface area contributed by atoms with Crippen molar-refractivity contribution in [3.63, 3.8) is 0 Å². The first kappa shape index (κ1) is 7.22. The van der Waals surface area contributed by atoms with Crippen LogP contribution < -0.4 is 5.06 Å². The molecule has 0 N–H and O–H groups in total. The first-order chi connectivity index (χ1) is 5.86. The van der Waals surface area contributed by atoms with Crippen LogP contribution in [-0.4, -0.2) is 6.54 Å². The van der Waals surface area contributed by atoms with E-state index >= 15 is 0 Å². The molecule has 1 aromatic carbocycles. The summed E-state index contributed by atoms with van der Waals surface area (Å²) in [6.07, 6.45) is 2.06. The van der Waals surface area contributed by atoms with Crippen molar-refractivity contribution in [3.05, 3.63) is 42.2 Å². The van der Waals surface area contributed by atoms with Gasteiger partial charge in [0.2, 0.25) is 0 Å². The molecule has 1 aliphatic heterocycles. The van der Waals surface area contributed by atoms with Gasteiger partial charge < -0.3 is 4.84 Å². The minimum absolute atomic E-state index is 0.843. The molecular formula is C10H11NO. The van der Waals surface area contributed by atoms with E-state index in [1.54, 1.807) is 0 Å². The summed E-state index contributed by atoms with van der Waals surface area (Å²) in [5, 5.41) is 1.87. The Labute approximate surface area is 72.0 Å². The molecule has 0 radical (unpaired) electrons. The van der Waals surface area contributed by atoms with Crippen molar-refractivity contribution in [3.8, 4) is 0 Å². The molecule has 1 aliphatic rings. The highest BCUT2D eigenvalue weighted by molar-refractivity contribution is 5.45. The third-order valence-electron chi connectivity index (χ3n) is 1.84. The van der Waals surface area contributed by atoms with E-state index in [1.807, 2.05) is 42.3 Å². The van der Waals surface area contributed by atoms with E-state index in [0.29, 0.717) is 0 Å². The summed E-state index contributed by atoms with van der Waals surface area (Å²) in [7, 11) is 0. The topological polar surface area (TPSA) is 12.5 Å². The van der Waals surface area contributed by atoms with Gasteiger partial charge in [0.05, 0.1) is 12.2 Å². The summed E-state index contributed by atoms with van der Waals surface area (Å²) in [4.78, 5) is 5.44. The highest BCUT2D eigenvalue weighted by Crippen LogP contribution is 2.19. The molecule has 0 unspecified atom stereocenters. The molecule has 0 spiro atoms. The fourth-order valence-electron chi connectivity index (χ4n) is 1.21. The number of allylic oxidation sites excluding steroid dienone is 1. The number of hydrogen-bond donors (Lipinski definition) is 0. The van der Waals surface area contributed by atoms with Crippen molar-refractivity contribution in [1.29, 1.82) is 0 Å². The zero-order valence-corrected chi connectivity index (χ0v) is 7.03. The van der Waals surface area contributed by atoms with Gasteiger partial charge in [0.15, 0.2) is 0 Å². The van der Waals surface area contributed by atoms with Crippen LogP contribution >= 0.6 is 0 Å². The van der Waals surface area contributed by atoms with E-state index < -0.39 is 0 Å². The Morgan fingerprint density at radius 3 is 2.58 bits per heavy atom. The Morgan fingerprint density at radius 1 is 1.25 bits per heavy atom. The normalized spacial score (nSPS) is 15.8. The predicted molar refractivity (Wildman–Crippen MR) is 48.6 cm³/mol. The average molecular weight is 161 g/mol. The molecular weight excluding hydrogens is 150 g/mol. The second kappa shape index (κ2) is 2.89. The Balaban J connectivity index is 2.14. The van der Waals surface area contributed by atoms with Crippen molar-refractivity contribution >= 4 is 5.69 Å². The summed E-state index contributed by atoms with van der Waals surface area (Å²) in [6, 6.07) is 10.1. The summed E-state index contributed by atoms with van der Waals surface area (Å²) in [6.45, 7) is 2.80. The molecule has 62 valence electrons. The van der Waals surface area contributed by atoms with Gasteiger partial charge in [0.25, 0.3) is 0 Å². The first-order valence-electron chi connectivity index (χ1n) is 4.03. The van der Waals surface area contributed by atoms with Crippen molar-refractivity contribution in [2.24, 2.45) is 0 Å². The molecule has 1 heterocycles. The van der Waals surface area contributed by atoms with Gasteiger partial charge in [-0.1, -0.05) is 18.2 Å². The second-order valence-corrected chi connectivity index (χ2v) is 2.80. The van der Waals surface area contributed by atoms with Gasteiger partial charge in [-0.05, 0) is 25.1 Å². The number of para-hydroxylation sites is 1. The number of anilines is 1. The van der Waals surface area contributed by atoms with Gasteiger partial charge in [0.1, 0.15) is 5.76 Å². The monoisotopic (exact) mass is 161 g/mol. The number of rotatable bonds is 1. The average Bonchev–Trinajstić information content (AvgIpc) is 2.54. The van der Waals surface area contributed by atoms with E-state index in [9.17, 15) is 0 Å². The maximum Gasteiger partial charge on any atom is 0.127 e.